The number of aliphatic hydroxyl groups excluding tert-OH is 2. The van der Waals surface area contributed by atoms with Gasteiger partial charge in [0.1, 0.15) is 0 Å². The molecule has 0 aromatic rings. The van der Waals surface area contributed by atoms with Gasteiger partial charge in [-0.05, 0) is 11.8 Å². The first-order valence-electron chi connectivity index (χ1n) is 3.76. The van der Waals surface area contributed by atoms with Crippen molar-refractivity contribution in [2.75, 3.05) is 13.2 Å². The van der Waals surface area contributed by atoms with E-state index in [2.05, 4.69) is 0 Å². The van der Waals surface area contributed by atoms with E-state index in [1.807, 2.05) is 27.7 Å². The second kappa shape index (κ2) is 29.2. The van der Waals surface area contributed by atoms with Crippen molar-refractivity contribution in [3.05, 3.63) is 0 Å². The molecule has 14 heavy (non-hydrogen) atoms. The van der Waals surface area contributed by atoms with Crippen LogP contribution in [0.25, 0.3) is 0 Å². The summed E-state index contributed by atoms with van der Waals surface area (Å²) in [6.07, 6.45) is 0. The Balaban J connectivity index is -0.0000000178. The molecule has 0 aliphatic carbocycles. The van der Waals surface area contributed by atoms with Gasteiger partial charge < -0.3 is 21.2 Å². The Morgan fingerprint density at radius 2 is 0.857 bits per heavy atom. The smallest absolute Gasteiger partial charge is 0.870 e. The van der Waals surface area contributed by atoms with E-state index in [1.165, 1.54) is 0 Å². The summed E-state index contributed by atoms with van der Waals surface area (Å²) in [6, 6.07) is 0. The molecule has 0 spiro atoms. The minimum Gasteiger partial charge on any atom is -0.870 e. The molecular formula is C8H22MgO4Ti. The normalized spacial score (nSPS) is 6.86. The summed E-state index contributed by atoms with van der Waals surface area (Å²) in [5, 5.41) is 16.3. The molecule has 84 valence electrons. The SMILES string of the molecule is CC(C)CO.CC(C)CO.[Mg+2].[OH-].[OH-].[Ti]. The minimum atomic E-state index is 0. The fourth-order valence-electron chi connectivity index (χ4n) is 0. The van der Waals surface area contributed by atoms with Crippen molar-refractivity contribution < 1.29 is 42.9 Å². The fourth-order valence-corrected chi connectivity index (χ4v) is 0. The molecule has 0 aliphatic heterocycles. The summed E-state index contributed by atoms with van der Waals surface area (Å²) in [7, 11) is 0. The molecule has 0 rings (SSSR count). The van der Waals surface area contributed by atoms with Gasteiger partial charge >= 0.3 is 23.1 Å². The Morgan fingerprint density at radius 1 is 0.786 bits per heavy atom. The maximum atomic E-state index is 8.14. The monoisotopic (exact) mass is 254 g/mol. The average molecular weight is 254 g/mol. The van der Waals surface area contributed by atoms with E-state index in [9.17, 15) is 0 Å². The standard InChI is InChI=1S/2C4H10O.Mg.2H2O.Ti/c2*1-4(2)3-5;;;;/h2*4-5H,3H2,1-2H3;;2*1H2;/q;;+2;;;/p-2. The van der Waals surface area contributed by atoms with Gasteiger partial charge in [0.15, 0.2) is 0 Å². The van der Waals surface area contributed by atoms with Crippen molar-refractivity contribution in [2.45, 2.75) is 27.7 Å². The summed E-state index contributed by atoms with van der Waals surface area (Å²) in [5.41, 5.74) is 0. The predicted octanol–water partition coefficient (Wildman–Crippen LogP) is 0.533. The predicted molar refractivity (Wildman–Crippen MR) is 53.5 cm³/mol. The topological polar surface area (TPSA) is 100 Å². The Hall–Kier alpha value is 1.32. The summed E-state index contributed by atoms with van der Waals surface area (Å²) in [5.74, 6) is 0.880. The summed E-state index contributed by atoms with van der Waals surface area (Å²) in [6.45, 7) is 8.50. The quantitative estimate of drug-likeness (QED) is 0.702. The van der Waals surface area contributed by atoms with Gasteiger partial charge in [0, 0.05) is 34.9 Å². The maximum Gasteiger partial charge on any atom is 2.00 e. The van der Waals surface area contributed by atoms with Crippen LogP contribution >= 0.6 is 0 Å². The second-order valence-electron chi connectivity index (χ2n) is 3.15. The zero-order valence-corrected chi connectivity index (χ0v) is 12.5. The van der Waals surface area contributed by atoms with E-state index in [-0.39, 0.29) is 55.7 Å². The van der Waals surface area contributed by atoms with Gasteiger partial charge in [0.25, 0.3) is 0 Å². The fraction of sp³-hybridized carbons (Fsp3) is 1.00. The van der Waals surface area contributed by atoms with Gasteiger partial charge in [-0.3, -0.25) is 0 Å². The van der Waals surface area contributed by atoms with Crippen molar-refractivity contribution in [1.82, 2.24) is 0 Å². The molecule has 4 N–H and O–H groups in total. The van der Waals surface area contributed by atoms with Gasteiger partial charge in [-0.15, -0.1) is 0 Å². The largest absolute Gasteiger partial charge is 2.00 e. The van der Waals surface area contributed by atoms with Crippen LogP contribution in [0.15, 0.2) is 0 Å². The molecule has 0 amide bonds. The molecule has 0 heterocycles. The Bertz CT molecular complexity index is 57.3. The molecule has 0 aliphatic rings. The van der Waals surface area contributed by atoms with Gasteiger partial charge in [0.05, 0.1) is 0 Å². The molecule has 0 fully saturated rings. The van der Waals surface area contributed by atoms with Crippen LogP contribution in [0.3, 0.4) is 0 Å². The third-order valence-electron chi connectivity index (χ3n) is 0.730. The molecule has 0 aromatic carbocycles. The van der Waals surface area contributed by atoms with Crippen LogP contribution < -0.4 is 0 Å². The van der Waals surface area contributed by atoms with Crippen molar-refractivity contribution in [3.8, 4) is 0 Å². The Kier molecular flexibility index (Phi) is 75.6. The van der Waals surface area contributed by atoms with E-state index < -0.39 is 0 Å². The van der Waals surface area contributed by atoms with Crippen LogP contribution in [0.4, 0.5) is 0 Å². The van der Waals surface area contributed by atoms with E-state index in [4.69, 9.17) is 10.2 Å². The molecular weight excluding hydrogens is 232 g/mol. The van der Waals surface area contributed by atoms with E-state index in [0.717, 1.165) is 0 Å². The van der Waals surface area contributed by atoms with Crippen LogP contribution in [-0.4, -0.2) is 57.4 Å². The zero-order chi connectivity index (χ0) is 8.57. The molecule has 4 nitrogen and oxygen atoms in total. The Morgan fingerprint density at radius 3 is 0.857 bits per heavy atom. The first-order chi connectivity index (χ1) is 4.54. The first kappa shape index (κ1) is 36.2. The zero-order valence-electron chi connectivity index (χ0n) is 9.56. The van der Waals surface area contributed by atoms with Crippen LogP contribution in [-0.2, 0) is 21.7 Å². The van der Waals surface area contributed by atoms with E-state index in [0.29, 0.717) is 25.0 Å². The first-order valence-corrected chi connectivity index (χ1v) is 3.76. The molecule has 0 atom stereocenters. The third kappa shape index (κ3) is 71.4. The van der Waals surface area contributed by atoms with E-state index >= 15 is 0 Å². The second-order valence-corrected chi connectivity index (χ2v) is 3.15. The van der Waals surface area contributed by atoms with Gasteiger partial charge in [-0.25, -0.2) is 0 Å². The third-order valence-corrected chi connectivity index (χ3v) is 0.730. The number of hydrogen-bond donors (Lipinski definition) is 2. The van der Waals surface area contributed by atoms with Crippen LogP contribution in [0.2, 0.25) is 0 Å². The molecule has 0 bridgehead atoms. The van der Waals surface area contributed by atoms with Crippen LogP contribution in [0, 0.1) is 11.8 Å². The van der Waals surface area contributed by atoms with Crippen molar-refractivity contribution >= 4 is 23.1 Å². The Labute approximate surface area is 118 Å². The number of aliphatic hydroxyl groups is 2. The molecule has 0 saturated carbocycles. The number of hydrogen-bond acceptors (Lipinski definition) is 4. The van der Waals surface area contributed by atoms with Crippen molar-refractivity contribution in [3.63, 3.8) is 0 Å². The molecule has 6 heteroatoms. The van der Waals surface area contributed by atoms with Gasteiger partial charge in [0.2, 0.25) is 0 Å². The van der Waals surface area contributed by atoms with Gasteiger partial charge in [-0.2, -0.15) is 0 Å². The maximum absolute atomic E-state index is 8.14. The van der Waals surface area contributed by atoms with Crippen LogP contribution in [0.5, 0.6) is 0 Å². The van der Waals surface area contributed by atoms with E-state index in [1.54, 1.807) is 0 Å². The van der Waals surface area contributed by atoms with Gasteiger partial charge in [-0.1, -0.05) is 27.7 Å². The minimum absolute atomic E-state index is 0. The molecule has 0 unspecified atom stereocenters. The summed E-state index contributed by atoms with van der Waals surface area (Å²) >= 11 is 0. The molecule has 0 radical (unpaired) electrons. The summed E-state index contributed by atoms with van der Waals surface area (Å²) in [4.78, 5) is 0. The molecule has 0 aromatic heterocycles. The van der Waals surface area contributed by atoms with Crippen molar-refractivity contribution in [2.24, 2.45) is 11.8 Å². The summed E-state index contributed by atoms with van der Waals surface area (Å²) < 4.78 is 0. The van der Waals surface area contributed by atoms with Crippen LogP contribution in [0.1, 0.15) is 27.7 Å². The molecule has 0 saturated heterocycles. The number of rotatable bonds is 2. The average Bonchev–Trinajstić information content (AvgIpc) is 1.89. The van der Waals surface area contributed by atoms with Crippen molar-refractivity contribution in [1.29, 1.82) is 0 Å².